The van der Waals surface area contributed by atoms with Gasteiger partial charge >= 0.3 is 12.2 Å². The Bertz CT molecular complexity index is 2510. The molecule has 2 aliphatic heterocycles. The molecule has 2 aliphatic rings. The van der Waals surface area contributed by atoms with Crippen molar-refractivity contribution in [3.8, 4) is 22.4 Å². The molecule has 0 spiro atoms. The smallest absolute Gasteiger partial charge is 0.408 e. The van der Waals surface area contributed by atoms with Gasteiger partial charge in [0, 0.05) is 42.9 Å². The second-order valence-corrected chi connectivity index (χ2v) is 17.2. The Hall–Kier alpha value is -6.22. The van der Waals surface area contributed by atoms with Crippen LogP contribution in [0.3, 0.4) is 0 Å². The molecule has 2 saturated heterocycles. The van der Waals surface area contributed by atoms with Crippen molar-refractivity contribution in [3.05, 3.63) is 88.6 Å². The van der Waals surface area contributed by atoms with Gasteiger partial charge in [-0.2, -0.15) is 0 Å². The number of pyridine rings is 1. The molecule has 4 amide bonds. The monoisotopic (exact) mass is 833 g/mol. The summed E-state index contributed by atoms with van der Waals surface area (Å²) in [4.78, 5) is 80.7. The maximum absolute atomic E-state index is 13.8. The van der Waals surface area contributed by atoms with Crippen LogP contribution in [-0.2, 0) is 23.8 Å². The molecule has 4 N–H and O–H groups in total. The quantitative estimate of drug-likeness (QED) is 0.109. The molecule has 7 rings (SSSR count). The van der Waals surface area contributed by atoms with E-state index in [-0.39, 0.29) is 41.9 Å². The first-order chi connectivity index (χ1) is 29.1. The number of alkyl carbamates (subject to hydrolysis) is 2. The summed E-state index contributed by atoms with van der Waals surface area (Å²) in [6, 6.07) is 17.4. The van der Waals surface area contributed by atoms with Crippen LogP contribution in [0, 0.1) is 5.92 Å². The highest BCUT2D eigenvalue weighted by Gasteiger charge is 2.38. The zero-order chi connectivity index (χ0) is 43.6. The molecule has 2 aromatic heterocycles. The normalized spacial score (nSPS) is 17.8. The predicted octanol–water partition coefficient (Wildman–Crippen LogP) is 6.99. The average Bonchev–Trinajstić information content (AvgIpc) is 4.02. The molecule has 0 aliphatic carbocycles. The van der Waals surface area contributed by atoms with Crippen molar-refractivity contribution in [2.75, 3.05) is 33.9 Å². The number of aromatic nitrogens is 3. The number of methoxy groups -OCH3 is 2. The molecule has 0 saturated carbocycles. The van der Waals surface area contributed by atoms with Crippen LogP contribution in [0.2, 0.25) is 0 Å². The minimum atomic E-state index is -0.956. The van der Waals surface area contributed by atoms with Crippen molar-refractivity contribution in [1.82, 2.24) is 35.4 Å². The van der Waals surface area contributed by atoms with E-state index in [9.17, 15) is 24.0 Å². The number of fused-ring (bicyclic) bond motifs is 2. The minimum Gasteiger partial charge on any atom is -0.453 e. The SMILES string of the molecule is COC[C@H](NC(=O)OC(C)(C)C)C(=O)N1CCCC1c1cc(=O)c2ccc(-c3ccc4cc(-c5cnc([C@@H]6CCCN6C(=O)[C@@H](NC(=O)OC)C(C)C)[nH]5)ccc4c3)cc2[nH]1. The largest absolute Gasteiger partial charge is 0.453 e. The van der Waals surface area contributed by atoms with E-state index < -0.39 is 29.9 Å². The summed E-state index contributed by atoms with van der Waals surface area (Å²) in [5.41, 5.74) is 4.08. The highest BCUT2D eigenvalue weighted by molar-refractivity contribution is 5.92. The summed E-state index contributed by atoms with van der Waals surface area (Å²) in [5.74, 6) is 0.111. The third kappa shape index (κ3) is 9.41. The number of hydrogen-bond acceptors (Lipinski definition) is 9. The molecule has 15 nitrogen and oxygen atoms in total. The fraction of sp³-hybridized carbons (Fsp3) is 0.435. The van der Waals surface area contributed by atoms with Gasteiger partial charge in [-0.1, -0.05) is 44.2 Å². The number of rotatable bonds is 11. The van der Waals surface area contributed by atoms with E-state index in [2.05, 4.69) is 44.9 Å². The number of aromatic amines is 2. The van der Waals surface area contributed by atoms with Gasteiger partial charge < -0.3 is 44.6 Å². The molecule has 0 bridgehead atoms. The first kappa shape index (κ1) is 42.9. The predicted molar refractivity (Wildman–Crippen MR) is 232 cm³/mol. The van der Waals surface area contributed by atoms with Gasteiger partial charge in [-0.15, -0.1) is 0 Å². The molecule has 5 aromatic rings. The van der Waals surface area contributed by atoms with Gasteiger partial charge in [0.1, 0.15) is 23.5 Å². The number of H-pyrrole nitrogens is 2. The molecular formula is C46H55N7O8. The van der Waals surface area contributed by atoms with E-state index in [1.54, 1.807) is 42.8 Å². The zero-order valence-corrected chi connectivity index (χ0v) is 35.8. The summed E-state index contributed by atoms with van der Waals surface area (Å²) in [6.07, 6.45) is 3.43. The lowest BCUT2D eigenvalue weighted by molar-refractivity contribution is -0.136. The first-order valence-corrected chi connectivity index (χ1v) is 20.8. The molecule has 1 unspecified atom stereocenters. The maximum Gasteiger partial charge on any atom is 0.408 e. The second-order valence-electron chi connectivity index (χ2n) is 17.2. The van der Waals surface area contributed by atoms with E-state index in [0.717, 1.165) is 52.4 Å². The topological polar surface area (TPSA) is 188 Å². The number of carbonyl (C=O) groups excluding carboxylic acids is 4. The number of amides is 4. The van der Waals surface area contributed by atoms with Gasteiger partial charge in [0.05, 0.1) is 43.2 Å². The Morgan fingerprint density at radius 2 is 1.44 bits per heavy atom. The van der Waals surface area contributed by atoms with Gasteiger partial charge in [0.15, 0.2) is 5.43 Å². The lowest BCUT2D eigenvalue weighted by atomic mass is 9.98. The van der Waals surface area contributed by atoms with Gasteiger partial charge in [0.25, 0.3) is 0 Å². The zero-order valence-electron chi connectivity index (χ0n) is 35.8. The van der Waals surface area contributed by atoms with E-state index in [1.165, 1.54) is 14.2 Å². The molecule has 4 heterocycles. The van der Waals surface area contributed by atoms with E-state index in [4.69, 9.17) is 19.2 Å². The summed E-state index contributed by atoms with van der Waals surface area (Å²) >= 11 is 0. The number of benzene rings is 3. The highest BCUT2D eigenvalue weighted by atomic mass is 16.6. The van der Waals surface area contributed by atoms with Crippen LogP contribution < -0.4 is 16.1 Å². The Balaban J connectivity index is 1.09. The van der Waals surface area contributed by atoms with Gasteiger partial charge in [-0.25, -0.2) is 14.6 Å². The van der Waals surface area contributed by atoms with Gasteiger partial charge in [0.2, 0.25) is 11.8 Å². The van der Waals surface area contributed by atoms with Crippen molar-refractivity contribution in [3.63, 3.8) is 0 Å². The second kappa shape index (κ2) is 17.8. The maximum atomic E-state index is 13.8. The first-order valence-electron chi connectivity index (χ1n) is 20.8. The van der Waals surface area contributed by atoms with Gasteiger partial charge in [-0.05, 0) is 98.5 Å². The lowest BCUT2D eigenvalue weighted by Gasteiger charge is -2.30. The standard InChI is InChI=1S/C46H55N7O8/c1-26(2)40(51-44(57)60-7)43(56)53-19-9-11-38(53)41-47-24-35(49-41)31-15-14-27-20-28(12-13-29(27)21-31)30-16-17-32-33(22-30)48-34(23-39(32)54)37-10-8-18-52(37)42(55)36(25-59-6)50-45(58)61-46(3,4)5/h12-17,20-24,26,36-38,40H,8-11,18-19,25H2,1-7H3,(H,47,49)(H,48,54)(H,50,58)(H,51,57)/t36-,37?,38-,40-/m0/s1. The Labute approximate surface area is 354 Å². The van der Waals surface area contributed by atoms with Crippen LogP contribution in [0.1, 0.15) is 83.9 Å². The van der Waals surface area contributed by atoms with Crippen molar-refractivity contribution in [2.24, 2.45) is 5.92 Å². The van der Waals surface area contributed by atoms with Crippen LogP contribution in [0.5, 0.6) is 0 Å². The number of imidazole rings is 1. The molecule has 15 heteroatoms. The van der Waals surface area contributed by atoms with Crippen LogP contribution in [-0.4, -0.2) is 100 Å². The van der Waals surface area contributed by atoms with Crippen molar-refractivity contribution < 1.29 is 33.4 Å². The third-order valence-electron chi connectivity index (χ3n) is 11.4. The molecular weight excluding hydrogens is 779 g/mol. The van der Waals surface area contributed by atoms with Crippen molar-refractivity contribution >= 4 is 45.7 Å². The Morgan fingerprint density at radius 1 is 0.803 bits per heavy atom. The fourth-order valence-corrected chi connectivity index (χ4v) is 8.42. The Kier molecular flexibility index (Phi) is 12.5. The molecule has 3 aromatic carbocycles. The van der Waals surface area contributed by atoms with E-state index in [0.29, 0.717) is 41.9 Å². The summed E-state index contributed by atoms with van der Waals surface area (Å²) in [7, 11) is 2.75. The summed E-state index contributed by atoms with van der Waals surface area (Å²) < 4.78 is 15.5. The van der Waals surface area contributed by atoms with Crippen LogP contribution in [0.25, 0.3) is 44.1 Å². The van der Waals surface area contributed by atoms with Crippen LogP contribution in [0.15, 0.2) is 71.7 Å². The van der Waals surface area contributed by atoms with E-state index in [1.807, 2.05) is 44.2 Å². The third-order valence-corrected chi connectivity index (χ3v) is 11.4. The number of ether oxygens (including phenoxy) is 3. The molecule has 61 heavy (non-hydrogen) atoms. The number of nitrogens with one attached hydrogen (secondary N) is 4. The number of nitrogens with zero attached hydrogens (tertiary/aromatic N) is 3. The number of likely N-dealkylation sites (tertiary alicyclic amines) is 2. The van der Waals surface area contributed by atoms with Crippen molar-refractivity contribution in [1.29, 1.82) is 0 Å². The molecule has 2 fully saturated rings. The molecule has 4 atom stereocenters. The van der Waals surface area contributed by atoms with E-state index >= 15 is 0 Å². The molecule has 0 radical (unpaired) electrons. The van der Waals surface area contributed by atoms with Crippen LogP contribution in [0.4, 0.5) is 9.59 Å². The number of carbonyl (C=O) groups is 4. The summed E-state index contributed by atoms with van der Waals surface area (Å²) in [5, 5.41) is 7.95. The summed E-state index contributed by atoms with van der Waals surface area (Å²) in [6.45, 7) is 10.1. The fourth-order valence-electron chi connectivity index (χ4n) is 8.42. The van der Waals surface area contributed by atoms with Crippen LogP contribution >= 0.6 is 0 Å². The Morgan fingerprint density at radius 3 is 2.11 bits per heavy atom. The average molecular weight is 834 g/mol. The van der Waals surface area contributed by atoms with Gasteiger partial charge in [-0.3, -0.25) is 14.4 Å². The number of hydrogen-bond donors (Lipinski definition) is 4. The lowest BCUT2D eigenvalue weighted by Crippen LogP contribution is -2.51. The highest BCUT2D eigenvalue weighted by Crippen LogP contribution is 2.35. The molecule has 322 valence electrons. The minimum absolute atomic E-state index is 0.0301. The van der Waals surface area contributed by atoms with Crippen molar-refractivity contribution in [2.45, 2.75) is 90.1 Å².